The molecule has 1 saturated carbocycles. The van der Waals surface area contributed by atoms with Gasteiger partial charge in [-0.2, -0.15) is 0 Å². The van der Waals surface area contributed by atoms with E-state index in [9.17, 15) is 0 Å². The highest BCUT2D eigenvalue weighted by Gasteiger charge is 2.17. The Morgan fingerprint density at radius 2 is 1.73 bits per heavy atom. The van der Waals surface area contributed by atoms with E-state index in [2.05, 4.69) is 13.8 Å². The molecule has 0 spiro atoms. The lowest BCUT2D eigenvalue weighted by Crippen LogP contribution is -2.29. The van der Waals surface area contributed by atoms with Gasteiger partial charge in [0.25, 0.3) is 0 Å². The van der Waals surface area contributed by atoms with Gasteiger partial charge in [0, 0.05) is 6.04 Å². The zero-order valence-electron chi connectivity index (χ0n) is 7.84. The van der Waals surface area contributed by atoms with Gasteiger partial charge in [0.2, 0.25) is 0 Å². The van der Waals surface area contributed by atoms with Crippen molar-refractivity contribution >= 4 is 0 Å². The molecule has 1 heteroatoms. The normalized spacial score (nSPS) is 41.2. The fourth-order valence-corrected chi connectivity index (χ4v) is 1.89. The standard InChI is InChI=1S/C10H21N/c1-8-4-3-5-10(11)9(2)7-6-8/h8-10H,3-7,11H2,1-2H3. The van der Waals surface area contributed by atoms with E-state index in [1.165, 1.54) is 32.1 Å². The lowest BCUT2D eigenvalue weighted by molar-refractivity contribution is 0.308. The second kappa shape index (κ2) is 4.10. The van der Waals surface area contributed by atoms with Crippen molar-refractivity contribution in [3.8, 4) is 0 Å². The molecule has 0 amide bonds. The monoisotopic (exact) mass is 155 g/mol. The van der Waals surface area contributed by atoms with Gasteiger partial charge >= 0.3 is 0 Å². The van der Waals surface area contributed by atoms with Crippen LogP contribution in [0.1, 0.15) is 46.0 Å². The van der Waals surface area contributed by atoms with Gasteiger partial charge in [0.15, 0.2) is 0 Å². The first-order valence-electron chi connectivity index (χ1n) is 4.95. The van der Waals surface area contributed by atoms with Crippen molar-refractivity contribution < 1.29 is 0 Å². The van der Waals surface area contributed by atoms with Crippen LogP contribution < -0.4 is 5.73 Å². The van der Waals surface area contributed by atoms with Crippen molar-refractivity contribution in [3.63, 3.8) is 0 Å². The van der Waals surface area contributed by atoms with Crippen LogP contribution in [-0.2, 0) is 0 Å². The molecule has 2 N–H and O–H groups in total. The van der Waals surface area contributed by atoms with Crippen LogP contribution in [0.5, 0.6) is 0 Å². The molecular formula is C10H21N. The molecule has 0 heterocycles. The van der Waals surface area contributed by atoms with Gasteiger partial charge in [-0.15, -0.1) is 0 Å². The Morgan fingerprint density at radius 3 is 2.45 bits per heavy atom. The molecule has 66 valence electrons. The predicted octanol–water partition coefficient (Wildman–Crippen LogP) is 2.55. The Kier molecular flexibility index (Phi) is 3.38. The third kappa shape index (κ3) is 2.82. The molecule has 1 rings (SSSR count). The van der Waals surface area contributed by atoms with E-state index in [-0.39, 0.29) is 0 Å². The van der Waals surface area contributed by atoms with E-state index >= 15 is 0 Å². The molecule has 0 radical (unpaired) electrons. The van der Waals surface area contributed by atoms with E-state index < -0.39 is 0 Å². The fraction of sp³-hybridized carbons (Fsp3) is 1.00. The summed E-state index contributed by atoms with van der Waals surface area (Å²) in [6.07, 6.45) is 6.69. The molecule has 0 bridgehead atoms. The van der Waals surface area contributed by atoms with Gasteiger partial charge in [-0.3, -0.25) is 0 Å². The molecular weight excluding hydrogens is 134 g/mol. The number of rotatable bonds is 0. The quantitative estimate of drug-likeness (QED) is 0.571. The molecule has 1 aliphatic rings. The van der Waals surface area contributed by atoms with Gasteiger partial charge < -0.3 is 5.73 Å². The van der Waals surface area contributed by atoms with Crippen LogP contribution >= 0.6 is 0 Å². The highest BCUT2D eigenvalue weighted by atomic mass is 14.6. The SMILES string of the molecule is CC1CCCC(N)C(C)CC1. The second-order valence-electron chi connectivity index (χ2n) is 4.25. The van der Waals surface area contributed by atoms with Crippen molar-refractivity contribution in [2.75, 3.05) is 0 Å². The predicted molar refractivity (Wildman–Crippen MR) is 49.4 cm³/mol. The Hall–Kier alpha value is -0.0400. The van der Waals surface area contributed by atoms with Crippen molar-refractivity contribution in [2.45, 2.75) is 52.0 Å². The maximum absolute atomic E-state index is 5.99. The van der Waals surface area contributed by atoms with Crippen LogP contribution in [0, 0.1) is 11.8 Å². The number of hydrogen-bond acceptors (Lipinski definition) is 1. The smallest absolute Gasteiger partial charge is 0.00645 e. The topological polar surface area (TPSA) is 26.0 Å². The number of hydrogen-bond donors (Lipinski definition) is 1. The van der Waals surface area contributed by atoms with Gasteiger partial charge in [-0.05, 0) is 24.7 Å². The summed E-state index contributed by atoms with van der Waals surface area (Å²) >= 11 is 0. The highest BCUT2D eigenvalue weighted by molar-refractivity contribution is 4.73. The summed E-state index contributed by atoms with van der Waals surface area (Å²) in [4.78, 5) is 0. The third-order valence-corrected chi connectivity index (χ3v) is 3.08. The minimum Gasteiger partial charge on any atom is -0.327 e. The first-order valence-corrected chi connectivity index (χ1v) is 4.95. The zero-order chi connectivity index (χ0) is 8.27. The first kappa shape index (κ1) is 9.05. The van der Waals surface area contributed by atoms with Crippen LogP contribution in [0.25, 0.3) is 0 Å². The third-order valence-electron chi connectivity index (χ3n) is 3.08. The molecule has 3 unspecified atom stereocenters. The average Bonchev–Trinajstić information content (AvgIpc) is 1.98. The van der Waals surface area contributed by atoms with Crippen molar-refractivity contribution in [3.05, 3.63) is 0 Å². The van der Waals surface area contributed by atoms with E-state index in [1.807, 2.05) is 0 Å². The summed E-state index contributed by atoms with van der Waals surface area (Å²) < 4.78 is 0. The summed E-state index contributed by atoms with van der Waals surface area (Å²) in [5.41, 5.74) is 5.99. The molecule has 0 aromatic heterocycles. The lowest BCUT2D eigenvalue weighted by Gasteiger charge is -2.25. The van der Waals surface area contributed by atoms with E-state index in [1.54, 1.807) is 0 Å². The Bertz CT molecular complexity index is 111. The van der Waals surface area contributed by atoms with Crippen LogP contribution in [0.4, 0.5) is 0 Å². The zero-order valence-corrected chi connectivity index (χ0v) is 7.84. The largest absolute Gasteiger partial charge is 0.327 e. The summed E-state index contributed by atoms with van der Waals surface area (Å²) in [6, 6.07) is 0.475. The van der Waals surface area contributed by atoms with Crippen LogP contribution in [0.3, 0.4) is 0 Å². The molecule has 0 aliphatic heterocycles. The van der Waals surface area contributed by atoms with Gasteiger partial charge in [-0.25, -0.2) is 0 Å². The maximum atomic E-state index is 5.99. The Labute approximate surface area is 70.4 Å². The molecule has 0 saturated heterocycles. The molecule has 1 nitrogen and oxygen atoms in total. The summed E-state index contributed by atoms with van der Waals surface area (Å²) in [7, 11) is 0. The summed E-state index contributed by atoms with van der Waals surface area (Å²) in [6.45, 7) is 4.66. The first-order chi connectivity index (χ1) is 5.20. The number of nitrogens with two attached hydrogens (primary N) is 1. The van der Waals surface area contributed by atoms with Gasteiger partial charge in [0.1, 0.15) is 0 Å². The minimum absolute atomic E-state index is 0.475. The molecule has 1 aliphatic carbocycles. The van der Waals surface area contributed by atoms with E-state index in [0.29, 0.717) is 6.04 Å². The molecule has 0 aromatic rings. The van der Waals surface area contributed by atoms with Crippen molar-refractivity contribution in [1.29, 1.82) is 0 Å². The van der Waals surface area contributed by atoms with Crippen LogP contribution in [0.15, 0.2) is 0 Å². The van der Waals surface area contributed by atoms with Gasteiger partial charge in [0.05, 0.1) is 0 Å². The van der Waals surface area contributed by atoms with Crippen LogP contribution in [0.2, 0.25) is 0 Å². The lowest BCUT2D eigenvalue weighted by atomic mass is 9.84. The molecule has 3 atom stereocenters. The van der Waals surface area contributed by atoms with Crippen molar-refractivity contribution in [2.24, 2.45) is 17.6 Å². The van der Waals surface area contributed by atoms with E-state index in [0.717, 1.165) is 11.8 Å². The van der Waals surface area contributed by atoms with Gasteiger partial charge in [-0.1, -0.05) is 33.1 Å². The molecule has 1 fully saturated rings. The minimum atomic E-state index is 0.475. The molecule has 0 aromatic carbocycles. The Balaban J connectivity index is 2.34. The highest BCUT2D eigenvalue weighted by Crippen LogP contribution is 2.24. The maximum Gasteiger partial charge on any atom is 0.00645 e. The molecule has 11 heavy (non-hydrogen) atoms. The second-order valence-corrected chi connectivity index (χ2v) is 4.25. The average molecular weight is 155 g/mol. The van der Waals surface area contributed by atoms with Crippen LogP contribution in [-0.4, -0.2) is 6.04 Å². The van der Waals surface area contributed by atoms with E-state index in [4.69, 9.17) is 5.73 Å². The summed E-state index contributed by atoms with van der Waals surface area (Å²) in [5.74, 6) is 1.68. The fourth-order valence-electron chi connectivity index (χ4n) is 1.89. The van der Waals surface area contributed by atoms with Crippen molar-refractivity contribution in [1.82, 2.24) is 0 Å². The Morgan fingerprint density at radius 1 is 1.00 bits per heavy atom. The summed E-state index contributed by atoms with van der Waals surface area (Å²) in [5, 5.41) is 0.